The Morgan fingerprint density at radius 3 is 2.39 bits per heavy atom. The monoisotopic (exact) mass is 238 g/mol. The standard InChI is InChI=1S/C17H18O/c18-13-17(11-4-1-5-12-17)16-10-6-8-14-7-2-3-9-15(14)16/h2-3,6-10,13H,1,4-5,11-12H2. The van der Waals surface area contributed by atoms with Crippen LogP contribution in [-0.4, -0.2) is 6.29 Å². The Morgan fingerprint density at radius 2 is 1.61 bits per heavy atom. The quantitative estimate of drug-likeness (QED) is 0.715. The Labute approximate surface area is 108 Å². The molecule has 1 aliphatic carbocycles. The maximum atomic E-state index is 11.7. The van der Waals surface area contributed by atoms with Gasteiger partial charge in [-0.2, -0.15) is 0 Å². The first-order valence-electron chi connectivity index (χ1n) is 6.80. The van der Waals surface area contributed by atoms with Gasteiger partial charge in [-0.3, -0.25) is 0 Å². The van der Waals surface area contributed by atoms with Crippen molar-refractivity contribution in [2.24, 2.45) is 0 Å². The largest absolute Gasteiger partial charge is 0.302 e. The normalized spacial score (nSPS) is 18.7. The third kappa shape index (κ3) is 1.74. The maximum Gasteiger partial charge on any atom is 0.130 e. The average Bonchev–Trinajstić information content (AvgIpc) is 2.47. The fourth-order valence-electron chi connectivity index (χ4n) is 3.29. The molecule has 2 aromatic rings. The lowest BCUT2D eigenvalue weighted by Crippen LogP contribution is -2.30. The van der Waals surface area contributed by atoms with Crippen LogP contribution in [0.4, 0.5) is 0 Å². The molecule has 0 amide bonds. The van der Waals surface area contributed by atoms with Gasteiger partial charge in [0.2, 0.25) is 0 Å². The Hall–Kier alpha value is -1.63. The van der Waals surface area contributed by atoms with Crippen LogP contribution in [-0.2, 0) is 10.2 Å². The summed E-state index contributed by atoms with van der Waals surface area (Å²) in [5, 5.41) is 2.48. The van der Waals surface area contributed by atoms with Crippen LogP contribution in [0.5, 0.6) is 0 Å². The molecule has 1 heteroatoms. The summed E-state index contributed by atoms with van der Waals surface area (Å²) >= 11 is 0. The Bertz CT molecular complexity index is 559. The van der Waals surface area contributed by atoms with Crippen LogP contribution >= 0.6 is 0 Å². The van der Waals surface area contributed by atoms with E-state index >= 15 is 0 Å². The highest BCUT2D eigenvalue weighted by molar-refractivity contribution is 5.90. The van der Waals surface area contributed by atoms with Gasteiger partial charge in [-0.15, -0.1) is 0 Å². The van der Waals surface area contributed by atoms with Gasteiger partial charge in [-0.25, -0.2) is 0 Å². The lowest BCUT2D eigenvalue weighted by atomic mass is 9.69. The fourth-order valence-corrected chi connectivity index (χ4v) is 3.29. The second kappa shape index (κ2) is 4.56. The molecule has 0 saturated heterocycles. The van der Waals surface area contributed by atoms with Crippen molar-refractivity contribution in [3.8, 4) is 0 Å². The van der Waals surface area contributed by atoms with Crippen LogP contribution in [0.3, 0.4) is 0 Å². The second-order valence-corrected chi connectivity index (χ2v) is 5.36. The van der Waals surface area contributed by atoms with E-state index in [0.29, 0.717) is 0 Å². The van der Waals surface area contributed by atoms with E-state index in [4.69, 9.17) is 0 Å². The number of hydrogen-bond donors (Lipinski definition) is 0. The molecule has 92 valence electrons. The van der Waals surface area contributed by atoms with Crippen molar-refractivity contribution in [2.75, 3.05) is 0 Å². The topological polar surface area (TPSA) is 17.1 Å². The van der Waals surface area contributed by atoms with Crippen LogP contribution in [0.1, 0.15) is 37.7 Å². The fraction of sp³-hybridized carbons (Fsp3) is 0.353. The average molecular weight is 238 g/mol. The summed E-state index contributed by atoms with van der Waals surface area (Å²) in [6.45, 7) is 0. The molecule has 0 spiro atoms. The van der Waals surface area contributed by atoms with Crippen molar-refractivity contribution in [3.63, 3.8) is 0 Å². The second-order valence-electron chi connectivity index (χ2n) is 5.36. The van der Waals surface area contributed by atoms with Gasteiger partial charge in [0.1, 0.15) is 6.29 Å². The van der Waals surface area contributed by atoms with Crippen LogP contribution < -0.4 is 0 Å². The predicted molar refractivity (Wildman–Crippen MR) is 74.8 cm³/mol. The van der Waals surface area contributed by atoms with E-state index in [9.17, 15) is 4.79 Å². The highest BCUT2D eigenvalue weighted by Gasteiger charge is 2.34. The minimum absolute atomic E-state index is 0.237. The molecule has 0 heterocycles. The molecule has 3 rings (SSSR count). The van der Waals surface area contributed by atoms with E-state index in [1.165, 1.54) is 41.9 Å². The Morgan fingerprint density at radius 1 is 0.889 bits per heavy atom. The lowest BCUT2D eigenvalue weighted by Gasteiger charge is -2.33. The summed E-state index contributed by atoms with van der Waals surface area (Å²) in [6, 6.07) is 14.7. The summed E-state index contributed by atoms with van der Waals surface area (Å²) in [6.07, 6.45) is 6.81. The third-order valence-corrected chi connectivity index (χ3v) is 4.30. The number of carbonyl (C=O) groups excluding carboxylic acids is 1. The minimum atomic E-state index is -0.237. The van der Waals surface area contributed by atoms with Gasteiger partial charge < -0.3 is 4.79 Å². The molecule has 0 N–H and O–H groups in total. The van der Waals surface area contributed by atoms with Crippen LogP contribution in [0, 0.1) is 0 Å². The van der Waals surface area contributed by atoms with E-state index in [1.54, 1.807) is 0 Å². The first-order valence-corrected chi connectivity index (χ1v) is 6.80. The van der Waals surface area contributed by atoms with Crippen LogP contribution in [0.2, 0.25) is 0 Å². The van der Waals surface area contributed by atoms with E-state index in [-0.39, 0.29) is 5.41 Å². The van der Waals surface area contributed by atoms with Crippen molar-refractivity contribution < 1.29 is 4.79 Å². The summed E-state index contributed by atoms with van der Waals surface area (Å²) < 4.78 is 0. The molecule has 2 aromatic carbocycles. The summed E-state index contributed by atoms with van der Waals surface area (Å²) in [5.41, 5.74) is 0.995. The molecule has 0 bridgehead atoms. The van der Waals surface area contributed by atoms with Gasteiger partial charge in [0.15, 0.2) is 0 Å². The number of benzene rings is 2. The molecular formula is C17H18O. The molecule has 18 heavy (non-hydrogen) atoms. The van der Waals surface area contributed by atoms with Gasteiger partial charge in [-0.1, -0.05) is 61.7 Å². The van der Waals surface area contributed by atoms with Crippen molar-refractivity contribution >= 4 is 17.1 Å². The molecule has 1 nitrogen and oxygen atoms in total. The van der Waals surface area contributed by atoms with Gasteiger partial charge in [-0.05, 0) is 29.2 Å². The molecule has 1 aliphatic rings. The highest BCUT2D eigenvalue weighted by atomic mass is 16.1. The smallest absolute Gasteiger partial charge is 0.130 e. The van der Waals surface area contributed by atoms with E-state index < -0.39 is 0 Å². The van der Waals surface area contributed by atoms with Gasteiger partial charge in [0.25, 0.3) is 0 Å². The molecule has 1 saturated carbocycles. The zero-order valence-electron chi connectivity index (χ0n) is 10.6. The number of carbonyl (C=O) groups is 1. The van der Waals surface area contributed by atoms with Crippen LogP contribution in [0.25, 0.3) is 10.8 Å². The molecule has 1 fully saturated rings. The SMILES string of the molecule is O=CC1(c2cccc3ccccc23)CCCCC1. The summed E-state index contributed by atoms with van der Waals surface area (Å²) in [4.78, 5) is 11.7. The Kier molecular flexibility index (Phi) is 2.91. The summed E-state index contributed by atoms with van der Waals surface area (Å²) in [7, 11) is 0. The first-order chi connectivity index (χ1) is 8.86. The third-order valence-electron chi connectivity index (χ3n) is 4.30. The van der Waals surface area contributed by atoms with E-state index in [1.807, 2.05) is 0 Å². The number of rotatable bonds is 2. The first kappa shape index (κ1) is 11.5. The number of aldehydes is 1. The van der Waals surface area contributed by atoms with Crippen molar-refractivity contribution in [2.45, 2.75) is 37.5 Å². The van der Waals surface area contributed by atoms with Gasteiger partial charge in [0, 0.05) is 0 Å². The highest BCUT2D eigenvalue weighted by Crippen LogP contribution is 2.40. The lowest BCUT2D eigenvalue weighted by molar-refractivity contribution is -0.113. The zero-order valence-corrected chi connectivity index (χ0v) is 10.6. The van der Waals surface area contributed by atoms with E-state index in [2.05, 4.69) is 42.5 Å². The maximum absolute atomic E-state index is 11.7. The predicted octanol–water partition coefficient (Wildman–Crippen LogP) is 4.24. The van der Waals surface area contributed by atoms with Crippen LogP contribution in [0.15, 0.2) is 42.5 Å². The molecule has 0 aliphatic heterocycles. The van der Waals surface area contributed by atoms with Crippen molar-refractivity contribution in [1.29, 1.82) is 0 Å². The minimum Gasteiger partial charge on any atom is -0.302 e. The molecular weight excluding hydrogens is 220 g/mol. The van der Waals surface area contributed by atoms with Gasteiger partial charge in [0.05, 0.1) is 5.41 Å². The molecule has 0 aromatic heterocycles. The molecule has 0 unspecified atom stereocenters. The van der Waals surface area contributed by atoms with Gasteiger partial charge >= 0.3 is 0 Å². The van der Waals surface area contributed by atoms with Crippen molar-refractivity contribution in [1.82, 2.24) is 0 Å². The molecule has 0 radical (unpaired) electrons. The number of hydrogen-bond acceptors (Lipinski definition) is 1. The Balaban J connectivity index is 2.20. The van der Waals surface area contributed by atoms with Crippen molar-refractivity contribution in [3.05, 3.63) is 48.0 Å². The molecule has 0 atom stereocenters. The van der Waals surface area contributed by atoms with E-state index in [0.717, 1.165) is 12.8 Å². The number of fused-ring (bicyclic) bond motifs is 1. The zero-order chi connectivity index (χ0) is 12.4. The summed E-state index contributed by atoms with van der Waals surface area (Å²) in [5.74, 6) is 0.